The summed E-state index contributed by atoms with van der Waals surface area (Å²) >= 11 is 0. The molecule has 2 amide bonds. The van der Waals surface area contributed by atoms with Crippen molar-refractivity contribution in [2.45, 2.75) is 19.8 Å². The number of pyridine rings is 1. The van der Waals surface area contributed by atoms with Gasteiger partial charge in [0.05, 0.1) is 19.2 Å². The van der Waals surface area contributed by atoms with Gasteiger partial charge in [0, 0.05) is 30.9 Å². The van der Waals surface area contributed by atoms with Crippen molar-refractivity contribution in [1.29, 1.82) is 0 Å². The van der Waals surface area contributed by atoms with Gasteiger partial charge in [0.1, 0.15) is 11.4 Å². The Morgan fingerprint density at radius 1 is 1.36 bits per heavy atom. The van der Waals surface area contributed by atoms with Crippen molar-refractivity contribution in [2.24, 2.45) is 5.92 Å². The van der Waals surface area contributed by atoms with Crippen molar-refractivity contribution in [3.05, 3.63) is 48.3 Å². The van der Waals surface area contributed by atoms with Crippen LogP contribution in [0.4, 0.5) is 11.4 Å². The zero-order valence-corrected chi connectivity index (χ0v) is 14.4. The molecule has 1 aliphatic heterocycles. The normalized spacial score (nSPS) is 16.8. The molecule has 3 rings (SSSR count). The molecule has 1 atom stereocenters. The minimum absolute atomic E-state index is 0.0285. The summed E-state index contributed by atoms with van der Waals surface area (Å²) in [5.74, 6) is -0.0847. The number of rotatable bonds is 5. The third-order valence-electron chi connectivity index (χ3n) is 4.42. The standard InChI is InChI=1S/C19H21N3O3/c1-3-13-6-4-5-7-16(13)22-12-14(10-18(22)23)19(24)21-15-11-20-9-8-17(15)25-2/h4-9,11,14H,3,10,12H2,1-2H3,(H,21,24). The number of ether oxygens (including phenoxy) is 1. The Kier molecular flexibility index (Phi) is 4.97. The highest BCUT2D eigenvalue weighted by Crippen LogP contribution is 2.30. The van der Waals surface area contributed by atoms with E-state index >= 15 is 0 Å². The molecule has 0 radical (unpaired) electrons. The van der Waals surface area contributed by atoms with Crippen LogP contribution in [0.15, 0.2) is 42.7 Å². The average molecular weight is 339 g/mol. The number of hydrogen-bond acceptors (Lipinski definition) is 4. The summed E-state index contributed by atoms with van der Waals surface area (Å²) in [4.78, 5) is 30.7. The van der Waals surface area contributed by atoms with E-state index in [1.54, 1.807) is 17.2 Å². The van der Waals surface area contributed by atoms with E-state index in [2.05, 4.69) is 17.2 Å². The van der Waals surface area contributed by atoms with E-state index in [9.17, 15) is 9.59 Å². The molecular formula is C19H21N3O3. The van der Waals surface area contributed by atoms with Gasteiger partial charge in [-0.3, -0.25) is 14.6 Å². The van der Waals surface area contributed by atoms with Crippen molar-refractivity contribution < 1.29 is 14.3 Å². The summed E-state index contributed by atoms with van der Waals surface area (Å²) in [6, 6.07) is 9.49. The summed E-state index contributed by atoms with van der Waals surface area (Å²) in [5.41, 5.74) is 2.50. The van der Waals surface area contributed by atoms with Gasteiger partial charge in [0.15, 0.2) is 0 Å². The van der Waals surface area contributed by atoms with E-state index in [0.29, 0.717) is 18.0 Å². The highest BCUT2D eigenvalue weighted by molar-refractivity contribution is 6.04. The third-order valence-corrected chi connectivity index (χ3v) is 4.42. The molecule has 1 unspecified atom stereocenters. The SMILES string of the molecule is CCc1ccccc1N1CC(C(=O)Nc2cnccc2OC)CC1=O. The molecule has 6 nitrogen and oxygen atoms in total. The molecule has 2 aromatic rings. The van der Waals surface area contributed by atoms with Crippen molar-refractivity contribution in [2.75, 3.05) is 23.9 Å². The van der Waals surface area contributed by atoms with Crippen LogP contribution in [0, 0.1) is 5.92 Å². The van der Waals surface area contributed by atoms with Crippen molar-refractivity contribution in [1.82, 2.24) is 4.98 Å². The van der Waals surface area contributed by atoms with Crippen LogP contribution in [0.2, 0.25) is 0 Å². The van der Waals surface area contributed by atoms with Crippen LogP contribution in [-0.2, 0) is 16.0 Å². The molecule has 2 heterocycles. The number of benzene rings is 1. The van der Waals surface area contributed by atoms with Gasteiger partial charge in [-0.15, -0.1) is 0 Å². The van der Waals surface area contributed by atoms with Crippen LogP contribution in [0.3, 0.4) is 0 Å². The maximum atomic E-state index is 12.6. The lowest BCUT2D eigenvalue weighted by atomic mass is 10.1. The zero-order valence-electron chi connectivity index (χ0n) is 14.4. The molecule has 0 bridgehead atoms. The van der Waals surface area contributed by atoms with Crippen molar-refractivity contribution >= 4 is 23.2 Å². The average Bonchev–Trinajstić information content (AvgIpc) is 3.03. The molecule has 1 aromatic heterocycles. The Morgan fingerprint density at radius 3 is 2.92 bits per heavy atom. The number of para-hydroxylation sites is 1. The molecule has 0 saturated carbocycles. The smallest absolute Gasteiger partial charge is 0.229 e. The fraction of sp³-hybridized carbons (Fsp3) is 0.316. The number of carbonyl (C=O) groups is 2. The number of carbonyl (C=O) groups excluding carboxylic acids is 2. The zero-order chi connectivity index (χ0) is 17.8. The van der Waals surface area contributed by atoms with E-state index in [4.69, 9.17) is 4.74 Å². The molecule has 6 heteroatoms. The molecule has 0 spiro atoms. The first-order chi connectivity index (χ1) is 12.1. The second-order valence-corrected chi connectivity index (χ2v) is 5.95. The number of anilines is 2. The number of hydrogen-bond donors (Lipinski definition) is 1. The molecule has 1 aromatic carbocycles. The van der Waals surface area contributed by atoms with Gasteiger partial charge in [-0.05, 0) is 18.1 Å². The minimum atomic E-state index is -0.401. The molecule has 1 N–H and O–H groups in total. The Labute approximate surface area is 146 Å². The van der Waals surface area contributed by atoms with E-state index in [1.807, 2.05) is 24.3 Å². The fourth-order valence-corrected chi connectivity index (χ4v) is 3.08. The van der Waals surface area contributed by atoms with E-state index < -0.39 is 5.92 Å². The van der Waals surface area contributed by atoms with Crippen molar-refractivity contribution in [3.63, 3.8) is 0 Å². The first-order valence-corrected chi connectivity index (χ1v) is 8.31. The van der Waals surface area contributed by atoms with Crippen LogP contribution < -0.4 is 15.0 Å². The highest BCUT2D eigenvalue weighted by atomic mass is 16.5. The number of nitrogens with zero attached hydrogens (tertiary/aromatic N) is 2. The maximum Gasteiger partial charge on any atom is 0.229 e. The molecular weight excluding hydrogens is 318 g/mol. The Balaban J connectivity index is 1.75. The van der Waals surface area contributed by atoms with E-state index in [-0.39, 0.29) is 18.2 Å². The van der Waals surface area contributed by atoms with Gasteiger partial charge in [0.25, 0.3) is 0 Å². The van der Waals surface area contributed by atoms with Gasteiger partial charge in [-0.1, -0.05) is 25.1 Å². The van der Waals surface area contributed by atoms with E-state index in [1.165, 1.54) is 13.3 Å². The van der Waals surface area contributed by atoms with Gasteiger partial charge < -0.3 is 15.0 Å². The predicted octanol–water partition coefficient (Wildman–Crippen LogP) is 2.64. The topological polar surface area (TPSA) is 71.5 Å². The molecule has 1 saturated heterocycles. The minimum Gasteiger partial charge on any atom is -0.494 e. The van der Waals surface area contributed by atoms with Crippen molar-refractivity contribution in [3.8, 4) is 5.75 Å². The van der Waals surface area contributed by atoms with Crippen LogP contribution >= 0.6 is 0 Å². The fourth-order valence-electron chi connectivity index (χ4n) is 3.08. The quantitative estimate of drug-likeness (QED) is 0.909. The van der Waals surface area contributed by atoms with Gasteiger partial charge in [-0.25, -0.2) is 0 Å². The Morgan fingerprint density at radius 2 is 2.16 bits per heavy atom. The summed E-state index contributed by atoms with van der Waals surface area (Å²) in [6.07, 6.45) is 4.17. The number of nitrogens with one attached hydrogen (secondary N) is 1. The second-order valence-electron chi connectivity index (χ2n) is 5.95. The van der Waals surface area contributed by atoms with E-state index in [0.717, 1.165) is 17.7 Å². The molecule has 1 fully saturated rings. The number of aryl methyl sites for hydroxylation is 1. The predicted molar refractivity (Wildman–Crippen MR) is 95.7 cm³/mol. The number of aromatic nitrogens is 1. The lowest BCUT2D eigenvalue weighted by molar-refractivity contribution is -0.122. The van der Waals surface area contributed by atoms with Crippen LogP contribution in [0.25, 0.3) is 0 Å². The van der Waals surface area contributed by atoms with Gasteiger partial charge >= 0.3 is 0 Å². The van der Waals surface area contributed by atoms with Crippen LogP contribution in [-0.4, -0.2) is 30.5 Å². The summed E-state index contributed by atoms with van der Waals surface area (Å²) in [5, 5.41) is 2.82. The third kappa shape index (κ3) is 3.47. The first-order valence-electron chi connectivity index (χ1n) is 8.31. The lowest BCUT2D eigenvalue weighted by Crippen LogP contribution is -2.28. The number of methoxy groups -OCH3 is 1. The second kappa shape index (κ2) is 7.34. The summed E-state index contributed by atoms with van der Waals surface area (Å²) in [6.45, 7) is 2.43. The number of amides is 2. The van der Waals surface area contributed by atoms with Gasteiger partial charge in [0.2, 0.25) is 11.8 Å². The molecule has 25 heavy (non-hydrogen) atoms. The summed E-state index contributed by atoms with van der Waals surface area (Å²) < 4.78 is 5.22. The van der Waals surface area contributed by atoms with Gasteiger partial charge in [-0.2, -0.15) is 0 Å². The molecule has 130 valence electrons. The lowest BCUT2D eigenvalue weighted by Gasteiger charge is -2.20. The maximum absolute atomic E-state index is 12.6. The highest BCUT2D eigenvalue weighted by Gasteiger charge is 2.36. The first kappa shape index (κ1) is 17.0. The Bertz CT molecular complexity index is 791. The summed E-state index contributed by atoms with van der Waals surface area (Å²) in [7, 11) is 1.54. The Hall–Kier alpha value is -2.89. The molecule has 1 aliphatic rings. The molecule has 0 aliphatic carbocycles. The largest absolute Gasteiger partial charge is 0.494 e. The van der Waals surface area contributed by atoms with Crippen LogP contribution in [0.1, 0.15) is 18.9 Å². The monoisotopic (exact) mass is 339 g/mol. The van der Waals surface area contributed by atoms with Crippen LogP contribution in [0.5, 0.6) is 5.75 Å².